The Morgan fingerprint density at radius 3 is 2.56 bits per heavy atom. The number of nitriles is 1. The summed E-state index contributed by atoms with van der Waals surface area (Å²) in [7, 11) is 0. The van der Waals surface area contributed by atoms with Crippen molar-refractivity contribution in [2.45, 2.75) is 13.1 Å². The van der Waals surface area contributed by atoms with E-state index in [2.05, 4.69) is 9.97 Å². The lowest BCUT2D eigenvalue weighted by Crippen LogP contribution is -2.04. The Morgan fingerprint density at radius 2 is 2.06 bits per heavy atom. The third-order valence-electron chi connectivity index (χ3n) is 2.50. The number of halogens is 3. The van der Waals surface area contributed by atoms with Crippen molar-refractivity contribution in [2.24, 2.45) is 0 Å². The van der Waals surface area contributed by atoms with Gasteiger partial charge in [0.05, 0.1) is 17.8 Å². The van der Waals surface area contributed by atoms with Gasteiger partial charge in [-0.1, -0.05) is 0 Å². The number of benzene rings is 1. The molecule has 1 aromatic carbocycles. The van der Waals surface area contributed by atoms with Gasteiger partial charge in [0.25, 0.3) is 0 Å². The van der Waals surface area contributed by atoms with Gasteiger partial charge in [-0.15, -0.1) is 0 Å². The Hall–Kier alpha value is -2.29. The molecule has 1 aromatic heterocycles. The number of H-pyrrole nitrogens is 1. The monoisotopic (exact) mass is 251 g/mol. The minimum Gasteiger partial charge on any atom is -0.334 e. The predicted molar refractivity (Wildman–Crippen MR) is 58.5 cm³/mol. The normalized spacial score (nSPS) is 11.3. The van der Waals surface area contributed by atoms with Gasteiger partial charge in [0.15, 0.2) is 0 Å². The predicted octanol–water partition coefficient (Wildman–Crippen LogP) is 3.28. The number of nitrogens with one attached hydrogen (secondary N) is 1. The topological polar surface area (TPSA) is 52.5 Å². The van der Waals surface area contributed by atoms with Crippen LogP contribution < -0.4 is 0 Å². The van der Waals surface area contributed by atoms with Crippen LogP contribution in [0.15, 0.2) is 24.4 Å². The molecule has 1 heterocycles. The average molecular weight is 251 g/mol. The van der Waals surface area contributed by atoms with E-state index in [1.165, 1.54) is 0 Å². The SMILES string of the molecule is Cc1cc(-c2ncc(C(F)(F)F)[nH]2)ccc1C#N. The Balaban J connectivity index is 2.41. The summed E-state index contributed by atoms with van der Waals surface area (Å²) in [4.78, 5) is 5.91. The molecule has 0 amide bonds. The lowest BCUT2D eigenvalue weighted by atomic mass is 10.1. The van der Waals surface area contributed by atoms with Crippen LogP contribution in [-0.4, -0.2) is 9.97 Å². The van der Waals surface area contributed by atoms with Crippen LogP contribution in [0, 0.1) is 18.3 Å². The molecule has 0 saturated carbocycles. The van der Waals surface area contributed by atoms with Crippen LogP contribution in [0.5, 0.6) is 0 Å². The Kier molecular flexibility index (Phi) is 2.83. The van der Waals surface area contributed by atoms with E-state index in [1.54, 1.807) is 25.1 Å². The summed E-state index contributed by atoms with van der Waals surface area (Å²) in [6, 6.07) is 6.73. The van der Waals surface area contributed by atoms with Crippen LogP contribution in [0.25, 0.3) is 11.4 Å². The first-order valence-electron chi connectivity index (χ1n) is 5.05. The summed E-state index contributed by atoms with van der Waals surface area (Å²) in [5.74, 6) is 0.134. The number of alkyl halides is 3. The van der Waals surface area contributed by atoms with Crippen molar-refractivity contribution in [3.63, 3.8) is 0 Å². The maximum Gasteiger partial charge on any atom is 0.432 e. The van der Waals surface area contributed by atoms with Gasteiger partial charge < -0.3 is 4.98 Å². The zero-order valence-electron chi connectivity index (χ0n) is 9.34. The molecule has 0 unspecified atom stereocenters. The second-order valence-corrected chi connectivity index (χ2v) is 3.78. The molecule has 1 N–H and O–H groups in total. The number of aromatic amines is 1. The van der Waals surface area contributed by atoms with Gasteiger partial charge >= 0.3 is 6.18 Å². The second-order valence-electron chi connectivity index (χ2n) is 3.78. The van der Waals surface area contributed by atoms with Gasteiger partial charge in [-0.25, -0.2) is 4.98 Å². The minimum atomic E-state index is -4.44. The highest BCUT2D eigenvalue weighted by Crippen LogP contribution is 2.29. The molecule has 0 saturated heterocycles. The van der Waals surface area contributed by atoms with Crippen LogP contribution in [-0.2, 0) is 6.18 Å². The number of imidazole rings is 1. The molecule has 2 rings (SSSR count). The first kappa shape index (κ1) is 12.2. The largest absolute Gasteiger partial charge is 0.432 e. The summed E-state index contributed by atoms with van der Waals surface area (Å²) in [6.45, 7) is 1.72. The van der Waals surface area contributed by atoms with E-state index in [0.29, 0.717) is 16.7 Å². The summed E-state index contributed by atoms with van der Waals surface area (Å²) < 4.78 is 37.2. The Bertz CT molecular complexity index is 620. The zero-order valence-corrected chi connectivity index (χ0v) is 9.34. The fourth-order valence-corrected chi connectivity index (χ4v) is 1.55. The van der Waals surface area contributed by atoms with Crippen LogP contribution in [0.4, 0.5) is 13.2 Å². The molecular weight excluding hydrogens is 243 g/mol. The lowest BCUT2D eigenvalue weighted by Gasteiger charge is -2.03. The number of aryl methyl sites for hydroxylation is 1. The molecule has 0 spiro atoms. The van der Waals surface area contributed by atoms with E-state index in [0.717, 1.165) is 6.20 Å². The standard InChI is InChI=1S/C12H8F3N3/c1-7-4-8(2-3-9(7)5-16)11-17-6-10(18-11)12(13,14)15/h2-4,6H,1H3,(H,17,18). The van der Waals surface area contributed by atoms with Crippen molar-refractivity contribution in [1.29, 1.82) is 5.26 Å². The van der Waals surface area contributed by atoms with Crippen molar-refractivity contribution in [3.8, 4) is 17.5 Å². The van der Waals surface area contributed by atoms with Crippen molar-refractivity contribution in [1.82, 2.24) is 9.97 Å². The van der Waals surface area contributed by atoms with Gasteiger partial charge in [-0.3, -0.25) is 0 Å². The molecule has 0 aliphatic rings. The summed E-state index contributed by atoms with van der Waals surface area (Å²) in [5, 5.41) is 8.77. The zero-order chi connectivity index (χ0) is 13.3. The quantitative estimate of drug-likeness (QED) is 0.845. The molecule has 0 aliphatic heterocycles. The van der Waals surface area contributed by atoms with Crippen molar-refractivity contribution in [3.05, 3.63) is 41.2 Å². The first-order valence-corrected chi connectivity index (χ1v) is 5.05. The summed E-state index contributed by atoms with van der Waals surface area (Å²) >= 11 is 0. The lowest BCUT2D eigenvalue weighted by molar-refractivity contribution is -0.140. The van der Waals surface area contributed by atoms with E-state index < -0.39 is 11.9 Å². The molecule has 2 aromatic rings. The van der Waals surface area contributed by atoms with Crippen LogP contribution in [0.3, 0.4) is 0 Å². The van der Waals surface area contributed by atoms with Gasteiger partial charge in [0.2, 0.25) is 0 Å². The number of hydrogen-bond donors (Lipinski definition) is 1. The Morgan fingerprint density at radius 1 is 1.33 bits per heavy atom. The number of rotatable bonds is 1. The Labute approximate surface area is 101 Å². The number of hydrogen-bond acceptors (Lipinski definition) is 2. The van der Waals surface area contributed by atoms with Gasteiger partial charge in [-0.2, -0.15) is 18.4 Å². The number of nitrogens with zero attached hydrogens (tertiary/aromatic N) is 2. The molecule has 92 valence electrons. The van der Waals surface area contributed by atoms with E-state index in [1.807, 2.05) is 6.07 Å². The maximum atomic E-state index is 12.4. The average Bonchev–Trinajstić information content (AvgIpc) is 2.77. The summed E-state index contributed by atoms with van der Waals surface area (Å²) in [6.07, 6.45) is -3.68. The first-order chi connectivity index (χ1) is 8.41. The fraction of sp³-hybridized carbons (Fsp3) is 0.167. The van der Waals surface area contributed by atoms with Crippen LogP contribution in [0.1, 0.15) is 16.8 Å². The minimum absolute atomic E-state index is 0.134. The van der Waals surface area contributed by atoms with Crippen molar-refractivity contribution in [2.75, 3.05) is 0 Å². The third-order valence-corrected chi connectivity index (χ3v) is 2.50. The third kappa shape index (κ3) is 2.20. The highest BCUT2D eigenvalue weighted by atomic mass is 19.4. The van der Waals surface area contributed by atoms with E-state index in [9.17, 15) is 13.2 Å². The second kappa shape index (κ2) is 4.18. The molecule has 0 atom stereocenters. The highest BCUT2D eigenvalue weighted by Gasteiger charge is 2.33. The van der Waals surface area contributed by atoms with Gasteiger partial charge in [0.1, 0.15) is 11.5 Å². The highest BCUT2D eigenvalue weighted by molar-refractivity contribution is 5.59. The van der Waals surface area contributed by atoms with Gasteiger partial charge in [-0.05, 0) is 30.7 Å². The van der Waals surface area contributed by atoms with E-state index >= 15 is 0 Å². The molecule has 0 aliphatic carbocycles. The number of aromatic nitrogens is 2. The molecule has 0 fully saturated rings. The fourth-order valence-electron chi connectivity index (χ4n) is 1.55. The molecular formula is C12H8F3N3. The van der Waals surface area contributed by atoms with Crippen LogP contribution >= 0.6 is 0 Å². The molecule has 0 bridgehead atoms. The smallest absolute Gasteiger partial charge is 0.334 e. The van der Waals surface area contributed by atoms with Crippen molar-refractivity contribution >= 4 is 0 Å². The molecule has 6 heteroatoms. The maximum absolute atomic E-state index is 12.4. The van der Waals surface area contributed by atoms with E-state index in [4.69, 9.17) is 5.26 Å². The molecule has 18 heavy (non-hydrogen) atoms. The van der Waals surface area contributed by atoms with Gasteiger partial charge in [0, 0.05) is 5.56 Å². The molecule has 0 radical (unpaired) electrons. The molecule has 3 nitrogen and oxygen atoms in total. The van der Waals surface area contributed by atoms with Crippen molar-refractivity contribution < 1.29 is 13.2 Å². The summed E-state index contributed by atoms with van der Waals surface area (Å²) in [5.41, 5.74) is 0.808. The van der Waals surface area contributed by atoms with E-state index in [-0.39, 0.29) is 5.82 Å². The van der Waals surface area contributed by atoms with Crippen LogP contribution in [0.2, 0.25) is 0 Å².